The molecule has 4 nitrogen and oxygen atoms in total. The van der Waals surface area contributed by atoms with Crippen LogP contribution in [0.15, 0.2) is 45.3 Å². The Morgan fingerprint density at radius 1 is 1.10 bits per heavy atom. The van der Waals surface area contributed by atoms with Crippen LogP contribution in [0.3, 0.4) is 0 Å². The summed E-state index contributed by atoms with van der Waals surface area (Å²) in [5, 5.41) is 2.86. The van der Waals surface area contributed by atoms with E-state index >= 15 is 0 Å². The van der Waals surface area contributed by atoms with Gasteiger partial charge in [0.2, 0.25) is 0 Å². The van der Waals surface area contributed by atoms with E-state index in [0.29, 0.717) is 36.0 Å². The van der Waals surface area contributed by atoms with E-state index in [1.165, 1.54) is 0 Å². The van der Waals surface area contributed by atoms with E-state index < -0.39 is 0 Å². The van der Waals surface area contributed by atoms with Gasteiger partial charge >= 0.3 is 0 Å². The van der Waals surface area contributed by atoms with E-state index in [-0.39, 0.29) is 5.91 Å². The number of amides is 1. The fraction of sp³-hybridized carbons (Fsp3) is 0.133. The first-order valence-electron chi connectivity index (χ1n) is 6.30. The number of hydrogen-bond donors (Lipinski definition) is 1. The lowest BCUT2D eigenvalue weighted by Crippen LogP contribution is -2.20. The lowest BCUT2D eigenvalue weighted by molar-refractivity contribution is 0.101. The summed E-state index contributed by atoms with van der Waals surface area (Å²) in [7, 11) is 0. The number of halogens is 2. The lowest BCUT2D eigenvalue weighted by Gasteiger charge is -2.20. The van der Waals surface area contributed by atoms with Crippen LogP contribution in [0.2, 0.25) is 0 Å². The standard InChI is InChI=1S/C15H11Br2NO3/c16-9-4-5-12(11(17)8-9)18-15(19)10-2-1-3-13-14(10)21-7-6-20-13/h1-5,8H,6-7H2,(H,18,19). The molecule has 0 aromatic heterocycles. The average molecular weight is 413 g/mol. The molecule has 1 heterocycles. The molecule has 21 heavy (non-hydrogen) atoms. The summed E-state index contributed by atoms with van der Waals surface area (Å²) in [6.07, 6.45) is 0. The molecule has 0 atom stereocenters. The zero-order chi connectivity index (χ0) is 14.8. The fourth-order valence-electron chi connectivity index (χ4n) is 2.03. The molecule has 0 fully saturated rings. The molecule has 1 amide bonds. The van der Waals surface area contributed by atoms with Crippen LogP contribution in [0.5, 0.6) is 11.5 Å². The normalized spacial score (nSPS) is 12.9. The monoisotopic (exact) mass is 411 g/mol. The number of rotatable bonds is 2. The maximum absolute atomic E-state index is 12.4. The summed E-state index contributed by atoms with van der Waals surface area (Å²) < 4.78 is 12.8. The highest BCUT2D eigenvalue weighted by molar-refractivity contribution is 9.11. The Balaban J connectivity index is 1.89. The van der Waals surface area contributed by atoms with Crippen molar-refractivity contribution in [2.24, 2.45) is 0 Å². The molecule has 0 bridgehead atoms. The molecule has 6 heteroatoms. The zero-order valence-electron chi connectivity index (χ0n) is 10.9. The van der Waals surface area contributed by atoms with Gasteiger partial charge < -0.3 is 14.8 Å². The first kappa shape index (κ1) is 14.4. The average Bonchev–Trinajstić information content (AvgIpc) is 2.49. The first-order chi connectivity index (χ1) is 10.1. The van der Waals surface area contributed by atoms with Crippen molar-refractivity contribution >= 4 is 43.5 Å². The van der Waals surface area contributed by atoms with Crippen molar-refractivity contribution in [1.29, 1.82) is 0 Å². The van der Waals surface area contributed by atoms with Gasteiger partial charge in [0, 0.05) is 8.95 Å². The predicted molar refractivity (Wildman–Crippen MR) is 87.2 cm³/mol. The predicted octanol–water partition coefficient (Wildman–Crippen LogP) is 4.24. The van der Waals surface area contributed by atoms with Crippen molar-refractivity contribution in [3.63, 3.8) is 0 Å². The van der Waals surface area contributed by atoms with Crippen molar-refractivity contribution in [1.82, 2.24) is 0 Å². The maximum atomic E-state index is 12.4. The minimum absolute atomic E-state index is 0.236. The number of benzene rings is 2. The van der Waals surface area contributed by atoms with Crippen molar-refractivity contribution in [3.05, 3.63) is 50.9 Å². The number of carbonyl (C=O) groups excluding carboxylic acids is 1. The maximum Gasteiger partial charge on any atom is 0.259 e. The first-order valence-corrected chi connectivity index (χ1v) is 7.89. The van der Waals surface area contributed by atoms with E-state index in [4.69, 9.17) is 9.47 Å². The van der Waals surface area contributed by atoms with E-state index in [0.717, 1.165) is 8.95 Å². The number of para-hydroxylation sites is 1. The number of ether oxygens (including phenoxy) is 2. The van der Waals surface area contributed by atoms with Crippen LogP contribution < -0.4 is 14.8 Å². The van der Waals surface area contributed by atoms with Crippen molar-refractivity contribution in [2.45, 2.75) is 0 Å². The van der Waals surface area contributed by atoms with Gasteiger partial charge in [-0.15, -0.1) is 0 Å². The van der Waals surface area contributed by atoms with Gasteiger partial charge in [-0.3, -0.25) is 4.79 Å². The van der Waals surface area contributed by atoms with Gasteiger partial charge in [-0.1, -0.05) is 22.0 Å². The molecule has 0 unspecified atom stereocenters. The summed E-state index contributed by atoms with van der Waals surface area (Å²) in [5.74, 6) is 0.860. The number of nitrogens with one attached hydrogen (secondary N) is 1. The third-order valence-corrected chi connectivity index (χ3v) is 4.14. The number of anilines is 1. The summed E-state index contributed by atoms with van der Waals surface area (Å²) in [4.78, 5) is 12.4. The van der Waals surface area contributed by atoms with Crippen molar-refractivity contribution < 1.29 is 14.3 Å². The van der Waals surface area contributed by atoms with Gasteiger partial charge in [0.25, 0.3) is 5.91 Å². The van der Waals surface area contributed by atoms with Crippen LogP contribution in [0, 0.1) is 0 Å². The molecule has 1 aliphatic heterocycles. The Morgan fingerprint density at radius 3 is 2.71 bits per heavy atom. The molecule has 0 saturated heterocycles. The molecule has 2 aromatic rings. The molecular weight excluding hydrogens is 402 g/mol. The quantitative estimate of drug-likeness (QED) is 0.802. The molecule has 0 radical (unpaired) electrons. The number of hydrogen-bond acceptors (Lipinski definition) is 3. The van der Waals surface area contributed by atoms with Gasteiger partial charge in [-0.05, 0) is 46.3 Å². The second-order valence-corrected chi connectivity index (χ2v) is 6.18. The molecule has 1 N–H and O–H groups in total. The molecule has 0 saturated carbocycles. The van der Waals surface area contributed by atoms with E-state index in [1.54, 1.807) is 18.2 Å². The van der Waals surface area contributed by atoms with Crippen LogP contribution in [0.1, 0.15) is 10.4 Å². The fourth-order valence-corrected chi connectivity index (χ4v) is 3.18. The summed E-state index contributed by atoms with van der Waals surface area (Å²) >= 11 is 6.80. The molecular formula is C15H11Br2NO3. The van der Waals surface area contributed by atoms with Crippen molar-refractivity contribution in [2.75, 3.05) is 18.5 Å². The zero-order valence-corrected chi connectivity index (χ0v) is 14.0. The van der Waals surface area contributed by atoms with Crippen LogP contribution in [0.25, 0.3) is 0 Å². The summed E-state index contributed by atoms with van der Waals surface area (Å²) in [6, 6.07) is 10.8. The molecule has 108 valence electrons. The number of fused-ring (bicyclic) bond motifs is 1. The highest BCUT2D eigenvalue weighted by Crippen LogP contribution is 2.34. The van der Waals surface area contributed by atoms with Crippen LogP contribution in [0.4, 0.5) is 5.69 Å². The minimum atomic E-state index is -0.236. The van der Waals surface area contributed by atoms with Gasteiger partial charge in [0.1, 0.15) is 13.2 Å². The van der Waals surface area contributed by atoms with Crippen LogP contribution >= 0.6 is 31.9 Å². The summed E-state index contributed by atoms with van der Waals surface area (Å²) in [5.41, 5.74) is 1.15. The Kier molecular flexibility index (Phi) is 4.17. The molecule has 2 aromatic carbocycles. The molecule has 0 spiro atoms. The van der Waals surface area contributed by atoms with Crippen LogP contribution in [-0.4, -0.2) is 19.1 Å². The molecule has 0 aliphatic carbocycles. The Bertz CT molecular complexity index is 703. The Hall–Kier alpha value is -1.53. The highest BCUT2D eigenvalue weighted by Gasteiger charge is 2.20. The van der Waals surface area contributed by atoms with E-state index in [9.17, 15) is 4.79 Å². The molecule has 3 rings (SSSR count). The van der Waals surface area contributed by atoms with Gasteiger partial charge in [0.05, 0.1) is 11.3 Å². The van der Waals surface area contributed by atoms with E-state index in [2.05, 4.69) is 37.2 Å². The topological polar surface area (TPSA) is 47.6 Å². The van der Waals surface area contributed by atoms with Crippen molar-refractivity contribution in [3.8, 4) is 11.5 Å². The van der Waals surface area contributed by atoms with E-state index in [1.807, 2.05) is 18.2 Å². The Labute approximate surface area is 138 Å². The third kappa shape index (κ3) is 3.06. The second kappa shape index (κ2) is 6.07. The molecule has 1 aliphatic rings. The third-order valence-electron chi connectivity index (χ3n) is 2.99. The lowest BCUT2D eigenvalue weighted by atomic mass is 10.1. The smallest absolute Gasteiger partial charge is 0.259 e. The van der Waals surface area contributed by atoms with Gasteiger partial charge in [0.15, 0.2) is 11.5 Å². The van der Waals surface area contributed by atoms with Crippen LogP contribution in [-0.2, 0) is 0 Å². The highest BCUT2D eigenvalue weighted by atomic mass is 79.9. The second-order valence-electron chi connectivity index (χ2n) is 4.41. The SMILES string of the molecule is O=C(Nc1ccc(Br)cc1Br)c1cccc2c1OCCO2. The largest absolute Gasteiger partial charge is 0.486 e. The Morgan fingerprint density at radius 2 is 1.90 bits per heavy atom. The summed E-state index contributed by atoms with van der Waals surface area (Å²) in [6.45, 7) is 0.940. The number of carbonyl (C=O) groups is 1. The van der Waals surface area contributed by atoms with Gasteiger partial charge in [-0.25, -0.2) is 0 Å². The van der Waals surface area contributed by atoms with Gasteiger partial charge in [-0.2, -0.15) is 0 Å². The minimum Gasteiger partial charge on any atom is -0.486 e.